The quantitative estimate of drug-likeness (QED) is 0.779. The van der Waals surface area contributed by atoms with Crippen molar-refractivity contribution < 1.29 is 8.42 Å². The summed E-state index contributed by atoms with van der Waals surface area (Å²) < 4.78 is 28.2. The van der Waals surface area contributed by atoms with E-state index in [2.05, 4.69) is 16.3 Å². The standard InChI is InChI=1S/C21H28N2O2S2/c1-15-12-16(2)21(17(3)13-15)27(24,25)23-9-4-19(5-10-23)22-8-6-20-18(14-22)7-11-26-20/h7,11-13,19H,4-6,8-10,14H2,1-3H3. The molecule has 1 fully saturated rings. The van der Waals surface area contributed by atoms with E-state index in [0.717, 1.165) is 49.0 Å². The highest BCUT2D eigenvalue weighted by atomic mass is 32.2. The lowest BCUT2D eigenvalue weighted by atomic mass is 10.0. The van der Waals surface area contributed by atoms with Crippen molar-refractivity contribution in [3.05, 3.63) is 50.7 Å². The molecular weight excluding hydrogens is 376 g/mol. The third-order valence-electron chi connectivity index (χ3n) is 5.98. The van der Waals surface area contributed by atoms with Crippen LogP contribution in [0.4, 0.5) is 0 Å². The number of hydrogen-bond donors (Lipinski definition) is 0. The molecule has 4 nitrogen and oxygen atoms in total. The predicted molar refractivity (Wildman–Crippen MR) is 111 cm³/mol. The molecule has 0 radical (unpaired) electrons. The summed E-state index contributed by atoms with van der Waals surface area (Å²) in [5, 5.41) is 2.19. The normalized spacial score (nSPS) is 20.0. The van der Waals surface area contributed by atoms with E-state index >= 15 is 0 Å². The van der Waals surface area contributed by atoms with Crippen molar-refractivity contribution in [2.45, 2.75) is 57.5 Å². The average Bonchev–Trinajstić information content (AvgIpc) is 3.08. The predicted octanol–water partition coefficient (Wildman–Crippen LogP) is 3.88. The first kappa shape index (κ1) is 19.1. The molecule has 2 aromatic rings. The third-order valence-corrected chi connectivity index (χ3v) is 9.21. The highest BCUT2D eigenvalue weighted by Gasteiger charge is 2.34. The first-order valence-electron chi connectivity index (χ1n) is 9.73. The molecule has 1 aromatic carbocycles. The van der Waals surface area contributed by atoms with Gasteiger partial charge in [-0.3, -0.25) is 4.90 Å². The van der Waals surface area contributed by atoms with Crippen LogP contribution in [0.15, 0.2) is 28.5 Å². The molecule has 0 amide bonds. The van der Waals surface area contributed by atoms with Gasteiger partial charge >= 0.3 is 0 Å². The highest BCUT2D eigenvalue weighted by molar-refractivity contribution is 7.89. The first-order chi connectivity index (χ1) is 12.9. The fourth-order valence-electron chi connectivity index (χ4n) is 4.73. The summed E-state index contributed by atoms with van der Waals surface area (Å²) in [6.07, 6.45) is 2.97. The Kier molecular flexibility index (Phi) is 5.18. The van der Waals surface area contributed by atoms with Crippen molar-refractivity contribution in [2.24, 2.45) is 0 Å². The molecule has 3 heterocycles. The van der Waals surface area contributed by atoms with E-state index in [9.17, 15) is 8.42 Å². The van der Waals surface area contributed by atoms with Gasteiger partial charge in [0.25, 0.3) is 0 Å². The minimum Gasteiger partial charge on any atom is -0.296 e. The number of benzene rings is 1. The number of aryl methyl sites for hydroxylation is 3. The van der Waals surface area contributed by atoms with Crippen LogP contribution in [0, 0.1) is 20.8 Å². The van der Waals surface area contributed by atoms with Crippen molar-refractivity contribution in [2.75, 3.05) is 19.6 Å². The smallest absolute Gasteiger partial charge is 0.243 e. The molecule has 0 atom stereocenters. The number of hydrogen-bond acceptors (Lipinski definition) is 4. The summed E-state index contributed by atoms with van der Waals surface area (Å²) >= 11 is 1.86. The molecule has 0 aliphatic carbocycles. The molecule has 2 aliphatic heterocycles. The average molecular weight is 405 g/mol. The zero-order valence-corrected chi connectivity index (χ0v) is 18.0. The zero-order chi connectivity index (χ0) is 19.2. The number of sulfonamides is 1. The summed E-state index contributed by atoms with van der Waals surface area (Å²) in [6.45, 7) is 9.18. The summed E-state index contributed by atoms with van der Waals surface area (Å²) in [6, 6.07) is 6.68. The van der Waals surface area contributed by atoms with Gasteiger partial charge in [-0.25, -0.2) is 8.42 Å². The van der Waals surface area contributed by atoms with Gasteiger partial charge in [-0.1, -0.05) is 17.7 Å². The van der Waals surface area contributed by atoms with Gasteiger partial charge in [-0.2, -0.15) is 4.31 Å². The Morgan fingerprint density at radius 2 is 1.70 bits per heavy atom. The molecule has 146 valence electrons. The van der Waals surface area contributed by atoms with E-state index in [1.54, 1.807) is 4.31 Å². The molecule has 0 bridgehead atoms. The Bertz CT molecular complexity index is 918. The number of rotatable bonds is 3. The van der Waals surface area contributed by atoms with E-state index in [1.807, 2.05) is 44.2 Å². The molecule has 0 N–H and O–H groups in total. The monoisotopic (exact) mass is 404 g/mol. The van der Waals surface area contributed by atoms with E-state index < -0.39 is 10.0 Å². The SMILES string of the molecule is Cc1cc(C)c(S(=O)(=O)N2CCC(N3CCc4sccc4C3)CC2)c(C)c1. The molecule has 0 spiro atoms. The van der Waals surface area contributed by atoms with Crippen molar-refractivity contribution in [1.82, 2.24) is 9.21 Å². The summed E-state index contributed by atoms with van der Waals surface area (Å²) in [5.74, 6) is 0. The van der Waals surface area contributed by atoms with Crippen LogP contribution in [-0.4, -0.2) is 43.3 Å². The molecule has 0 unspecified atom stereocenters. The van der Waals surface area contributed by atoms with Crippen molar-refractivity contribution in [1.29, 1.82) is 0 Å². The maximum absolute atomic E-state index is 13.3. The van der Waals surface area contributed by atoms with E-state index in [4.69, 9.17) is 0 Å². The Morgan fingerprint density at radius 3 is 2.37 bits per heavy atom. The van der Waals surface area contributed by atoms with Gasteiger partial charge in [0.1, 0.15) is 0 Å². The molecule has 4 rings (SSSR count). The molecule has 1 aromatic heterocycles. The second-order valence-electron chi connectivity index (χ2n) is 7.95. The number of thiophene rings is 1. The number of nitrogens with zero attached hydrogens (tertiary/aromatic N) is 2. The maximum Gasteiger partial charge on any atom is 0.243 e. The van der Waals surface area contributed by atoms with Gasteiger partial charge in [-0.05, 0) is 68.2 Å². The summed E-state index contributed by atoms with van der Waals surface area (Å²) in [5.41, 5.74) is 4.29. The van der Waals surface area contributed by atoms with Crippen molar-refractivity contribution in [3.8, 4) is 0 Å². The lowest BCUT2D eigenvalue weighted by Gasteiger charge is -2.39. The van der Waals surface area contributed by atoms with Crippen LogP contribution < -0.4 is 0 Å². The number of fused-ring (bicyclic) bond motifs is 1. The Balaban J connectivity index is 1.46. The lowest BCUT2D eigenvalue weighted by Crippen LogP contribution is -2.48. The van der Waals surface area contributed by atoms with Crippen molar-refractivity contribution >= 4 is 21.4 Å². The molecule has 2 aliphatic rings. The van der Waals surface area contributed by atoms with Crippen LogP contribution >= 0.6 is 11.3 Å². The van der Waals surface area contributed by atoms with Crippen LogP contribution in [0.3, 0.4) is 0 Å². The Labute approximate surface area is 166 Å². The lowest BCUT2D eigenvalue weighted by molar-refractivity contribution is 0.127. The fourth-order valence-corrected chi connectivity index (χ4v) is 7.50. The van der Waals surface area contributed by atoms with Gasteiger partial charge < -0.3 is 0 Å². The van der Waals surface area contributed by atoms with E-state index in [-0.39, 0.29) is 0 Å². The van der Waals surface area contributed by atoms with Gasteiger partial charge in [-0.15, -0.1) is 11.3 Å². The first-order valence-corrected chi connectivity index (χ1v) is 12.1. The van der Waals surface area contributed by atoms with Gasteiger partial charge in [0.15, 0.2) is 0 Å². The molecular formula is C21H28N2O2S2. The summed E-state index contributed by atoms with van der Waals surface area (Å²) in [4.78, 5) is 4.59. The van der Waals surface area contributed by atoms with Gasteiger partial charge in [0, 0.05) is 37.1 Å². The topological polar surface area (TPSA) is 40.6 Å². The van der Waals surface area contributed by atoms with Crippen LogP contribution in [0.5, 0.6) is 0 Å². The largest absolute Gasteiger partial charge is 0.296 e. The van der Waals surface area contributed by atoms with Gasteiger partial charge in [0.2, 0.25) is 10.0 Å². The van der Waals surface area contributed by atoms with Gasteiger partial charge in [0.05, 0.1) is 4.90 Å². The van der Waals surface area contributed by atoms with E-state index in [0.29, 0.717) is 24.0 Å². The Hall–Kier alpha value is -1.21. The fraction of sp³-hybridized carbons (Fsp3) is 0.524. The van der Waals surface area contributed by atoms with Crippen molar-refractivity contribution in [3.63, 3.8) is 0 Å². The summed E-state index contributed by atoms with van der Waals surface area (Å²) in [7, 11) is -3.42. The second-order valence-corrected chi connectivity index (χ2v) is 10.8. The van der Waals surface area contributed by atoms with Crippen LogP contribution in [0.2, 0.25) is 0 Å². The number of piperidine rings is 1. The van der Waals surface area contributed by atoms with Crippen LogP contribution in [0.25, 0.3) is 0 Å². The molecule has 1 saturated heterocycles. The Morgan fingerprint density at radius 1 is 1.04 bits per heavy atom. The van der Waals surface area contributed by atoms with Crippen LogP contribution in [-0.2, 0) is 23.0 Å². The zero-order valence-electron chi connectivity index (χ0n) is 16.4. The minimum atomic E-state index is -3.42. The minimum absolute atomic E-state index is 0.490. The molecule has 6 heteroatoms. The highest BCUT2D eigenvalue weighted by Crippen LogP contribution is 2.31. The third kappa shape index (κ3) is 3.60. The van der Waals surface area contributed by atoms with E-state index in [1.165, 1.54) is 10.4 Å². The van der Waals surface area contributed by atoms with Crippen LogP contribution in [0.1, 0.15) is 40.0 Å². The molecule has 0 saturated carbocycles. The molecule has 27 heavy (non-hydrogen) atoms. The maximum atomic E-state index is 13.3. The second kappa shape index (κ2) is 7.32.